The number of nitrogens with zero attached hydrogens (tertiary/aromatic N) is 5. The van der Waals surface area contributed by atoms with E-state index in [1.54, 1.807) is 12.3 Å². The predicted molar refractivity (Wildman–Crippen MR) is 118 cm³/mol. The number of anilines is 1. The van der Waals surface area contributed by atoms with Gasteiger partial charge in [0.1, 0.15) is 0 Å². The Hall–Kier alpha value is -3.22. The summed E-state index contributed by atoms with van der Waals surface area (Å²) in [6.45, 7) is 2.17. The number of hydrogen-bond acceptors (Lipinski definition) is 5. The highest BCUT2D eigenvalue weighted by atomic mass is 19.1. The molecule has 0 N–H and O–H groups in total. The van der Waals surface area contributed by atoms with Crippen molar-refractivity contribution in [1.82, 2.24) is 19.6 Å². The van der Waals surface area contributed by atoms with Crippen LogP contribution in [0.1, 0.15) is 32.1 Å². The molecular weight excluding hydrogens is 393 g/mol. The quantitative estimate of drug-likeness (QED) is 0.476. The lowest BCUT2D eigenvalue weighted by atomic mass is 9.63. The fraction of sp³-hybridized carbons (Fsp3) is 0.375. The Morgan fingerprint density at radius 2 is 1.87 bits per heavy atom. The van der Waals surface area contributed by atoms with Crippen molar-refractivity contribution in [3.63, 3.8) is 0 Å². The molecule has 4 heterocycles. The molecule has 31 heavy (non-hydrogen) atoms. The fourth-order valence-electron chi connectivity index (χ4n) is 5.17. The van der Waals surface area contributed by atoms with E-state index >= 15 is 0 Å². The molecule has 6 rings (SSSR count). The molecule has 1 aliphatic carbocycles. The largest absolute Gasteiger partial charge is 0.494 e. The molecule has 4 aromatic rings. The van der Waals surface area contributed by atoms with E-state index in [1.807, 2.05) is 23.0 Å². The molecular formula is C24H24FN5O. The van der Waals surface area contributed by atoms with Gasteiger partial charge >= 0.3 is 0 Å². The average Bonchev–Trinajstić information content (AvgIpc) is 3.20. The van der Waals surface area contributed by atoms with Gasteiger partial charge in [-0.05, 0) is 48.8 Å². The lowest BCUT2D eigenvalue weighted by molar-refractivity contribution is 0.0955. The van der Waals surface area contributed by atoms with Crippen LogP contribution >= 0.6 is 0 Å². The topological polar surface area (TPSA) is 55.6 Å². The van der Waals surface area contributed by atoms with Crippen molar-refractivity contribution in [2.24, 2.45) is 5.41 Å². The minimum Gasteiger partial charge on any atom is -0.494 e. The van der Waals surface area contributed by atoms with Gasteiger partial charge in [0, 0.05) is 36.3 Å². The zero-order valence-corrected chi connectivity index (χ0v) is 17.5. The first kappa shape index (κ1) is 18.5. The normalized spacial score (nSPS) is 17.9. The second kappa shape index (κ2) is 6.90. The molecule has 2 aliphatic rings. The maximum atomic E-state index is 14.1. The van der Waals surface area contributed by atoms with Gasteiger partial charge in [0.25, 0.3) is 0 Å². The van der Waals surface area contributed by atoms with Crippen LogP contribution in [0, 0.1) is 11.2 Å². The smallest absolute Gasteiger partial charge is 0.167 e. The number of ether oxygens (including phenoxy) is 1. The number of piperidine rings is 1. The maximum Gasteiger partial charge on any atom is 0.167 e. The molecule has 0 unspecified atom stereocenters. The fourth-order valence-corrected chi connectivity index (χ4v) is 5.17. The Kier molecular flexibility index (Phi) is 4.13. The SMILES string of the molecule is COc1cc2c(-c3cnn4cc(N5CCC6(CCC6)CC5)cnc34)ccnc2cc1F. The minimum absolute atomic E-state index is 0.197. The molecule has 158 valence electrons. The molecule has 1 saturated carbocycles. The van der Waals surface area contributed by atoms with E-state index < -0.39 is 5.82 Å². The second-order valence-corrected chi connectivity index (χ2v) is 8.84. The summed E-state index contributed by atoms with van der Waals surface area (Å²) in [5.74, 6) is -0.227. The lowest BCUT2D eigenvalue weighted by Crippen LogP contribution is -2.43. The molecule has 1 spiro atoms. The predicted octanol–water partition coefficient (Wildman–Crippen LogP) is 4.86. The summed E-state index contributed by atoms with van der Waals surface area (Å²) >= 11 is 0. The molecule has 1 aliphatic heterocycles. The zero-order chi connectivity index (χ0) is 21.0. The molecule has 7 heteroatoms. The van der Waals surface area contributed by atoms with Gasteiger partial charge in [0.15, 0.2) is 17.2 Å². The highest BCUT2D eigenvalue weighted by Gasteiger charge is 2.39. The average molecular weight is 417 g/mol. The third kappa shape index (κ3) is 2.94. The Morgan fingerprint density at radius 3 is 2.61 bits per heavy atom. The highest BCUT2D eigenvalue weighted by molar-refractivity contribution is 5.98. The zero-order valence-electron chi connectivity index (χ0n) is 17.5. The summed E-state index contributed by atoms with van der Waals surface area (Å²) in [5, 5.41) is 5.38. The highest BCUT2D eigenvalue weighted by Crippen LogP contribution is 2.49. The van der Waals surface area contributed by atoms with E-state index in [1.165, 1.54) is 45.3 Å². The summed E-state index contributed by atoms with van der Waals surface area (Å²) < 4.78 is 21.2. The van der Waals surface area contributed by atoms with E-state index in [0.717, 1.165) is 40.9 Å². The van der Waals surface area contributed by atoms with Gasteiger partial charge in [-0.25, -0.2) is 13.9 Å². The maximum absolute atomic E-state index is 14.1. The van der Waals surface area contributed by atoms with Crippen LogP contribution in [-0.4, -0.2) is 39.8 Å². The Labute approximate surface area is 179 Å². The van der Waals surface area contributed by atoms with Crippen molar-refractivity contribution in [3.8, 4) is 16.9 Å². The monoisotopic (exact) mass is 417 g/mol. The first-order valence-corrected chi connectivity index (χ1v) is 10.9. The molecule has 6 nitrogen and oxygen atoms in total. The minimum atomic E-state index is -0.424. The third-order valence-electron chi connectivity index (χ3n) is 7.25. The van der Waals surface area contributed by atoms with Gasteiger partial charge < -0.3 is 9.64 Å². The van der Waals surface area contributed by atoms with Crippen LogP contribution in [0.5, 0.6) is 5.75 Å². The van der Waals surface area contributed by atoms with Gasteiger partial charge in [-0.2, -0.15) is 5.10 Å². The Morgan fingerprint density at radius 1 is 1.03 bits per heavy atom. The van der Waals surface area contributed by atoms with Gasteiger partial charge in [-0.3, -0.25) is 4.98 Å². The van der Waals surface area contributed by atoms with E-state index in [4.69, 9.17) is 9.72 Å². The Balaban J connectivity index is 1.37. The van der Waals surface area contributed by atoms with E-state index in [-0.39, 0.29) is 5.75 Å². The van der Waals surface area contributed by atoms with Crippen molar-refractivity contribution >= 4 is 22.2 Å². The van der Waals surface area contributed by atoms with Crippen LogP contribution < -0.4 is 9.64 Å². The number of halogens is 1. The van der Waals surface area contributed by atoms with Crippen molar-refractivity contribution in [1.29, 1.82) is 0 Å². The number of benzene rings is 1. The summed E-state index contributed by atoms with van der Waals surface area (Å²) in [6.07, 6.45) is 14.3. The number of pyridine rings is 1. The van der Waals surface area contributed by atoms with Crippen LogP contribution in [0.25, 0.3) is 27.7 Å². The van der Waals surface area contributed by atoms with Crippen molar-refractivity contribution < 1.29 is 9.13 Å². The molecule has 3 aromatic heterocycles. The van der Waals surface area contributed by atoms with E-state index in [2.05, 4.69) is 21.2 Å². The van der Waals surface area contributed by atoms with E-state index in [9.17, 15) is 4.39 Å². The number of methoxy groups -OCH3 is 1. The van der Waals surface area contributed by atoms with Gasteiger partial charge in [-0.1, -0.05) is 6.42 Å². The molecule has 0 amide bonds. The number of hydrogen-bond donors (Lipinski definition) is 0. The second-order valence-electron chi connectivity index (χ2n) is 8.84. The summed E-state index contributed by atoms with van der Waals surface area (Å²) in [4.78, 5) is 11.5. The molecule has 0 bridgehead atoms. The molecule has 1 aromatic carbocycles. The van der Waals surface area contributed by atoms with Crippen LogP contribution in [0.3, 0.4) is 0 Å². The van der Waals surface area contributed by atoms with Gasteiger partial charge in [-0.15, -0.1) is 0 Å². The van der Waals surface area contributed by atoms with Gasteiger partial charge in [0.05, 0.1) is 36.9 Å². The van der Waals surface area contributed by atoms with Crippen molar-refractivity contribution in [2.45, 2.75) is 32.1 Å². The standard InChI is InChI=1S/C24H24FN5O/c1-31-22-11-18-17(3-8-26-21(18)12-20(22)25)19-14-28-30-15-16(13-27-23(19)30)29-9-6-24(7-10-29)4-2-5-24/h3,8,11-15H,2,4-7,9-10H2,1H3. The summed E-state index contributed by atoms with van der Waals surface area (Å²) in [7, 11) is 1.46. The van der Waals surface area contributed by atoms with Crippen molar-refractivity contribution in [2.75, 3.05) is 25.1 Å². The summed E-state index contributed by atoms with van der Waals surface area (Å²) in [6, 6.07) is 5.00. The molecule has 2 fully saturated rings. The first-order valence-electron chi connectivity index (χ1n) is 10.9. The van der Waals surface area contributed by atoms with Crippen LogP contribution in [0.4, 0.5) is 10.1 Å². The first-order chi connectivity index (χ1) is 15.2. The molecule has 1 saturated heterocycles. The number of fused-ring (bicyclic) bond motifs is 2. The molecule has 0 atom stereocenters. The molecule has 0 radical (unpaired) electrons. The van der Waals surface area contributed by atoms with Crippen molar-refractivity contribution in [3.05, 3.63) is 48.8 Å². The number of aromatic nitrogens is 4. The van der Waals surface area contributed by atoms with Crippen LogP contribution in [-0.2, 0) is 0 Å². The third-order valence-corrected chi connectivity index (χ3v) is 7.25. The van der Waals surface area contributed by atoms with E-state index in [0.29, 0.717) is 10.9 Å². The Bertz CT molecular complexity index is 1290. The van der Waals surface area contributed by atoms with Crippen LogP contribution in [0.15, 0.2) is 43.0 Å². The van der Waals surface area contributed by atoms with Gasteiger partial charge in [0.2, 0.25) is 0 Å². The number of rotatable bonds is 3. The lowest BCUT2D eigenvalue weighted by Gasteiger charge is -2.48. The summed E-state index contributed by atoms with van der Waals surface area (Å²) in [5.41, 5.74) is 4.87. The van der Waals surface area contributed by atoms with Crippen LogP contribution in [0.2, 0.25) is 0 Å².